The van der Waals surface area contributed by atoms with Crippen molar-refractivity contribution in [1.82, 2.24) is 0 Å². The Morgan fingerprint density at radius 2 is 2.14 bits per heavy atom. The van der Waals surface area contributed by atoms with E-state index in [1.54, 1.807) is 6.07 Å². The van der Waals surface area contributed by atoms with Gasteiger partial charge in [-0.15, -0.1) is 0 Å². The lowest BCUT2D eigenvalue weighted by atomic mass is 10.1. The number of halogens is 1. The molecule has 0 saturated carbocycles. The number of carbonyl (C=O) groups excluding carboxylic acids is 1. The van der Waals surface area contributed by atoms with E-state index < -0.39 is 0 Å². The first-order valence-corrected chi connectivity index (χ1v) is 4.92. The van der Waals surface area contributed by atoms with Crippen LogP contribution < -0.4 is 11.1 Å². The SMILES string of the molecule is Nc1cc2c(cc1Cl)CCCC(=O)N2. The van der Waals surface area contributed by atoms with Gasteiger partial charge in [0.15, 0.2) is 0 Å². The van der Waals surface area contributed by atoms with Gasteiger partial charge in [-0.05, 0) is 30.5 Å². The van der Waals surface area contributed by atoms with Crippen LogP contribution in [-0.2, 0) is 11.2 Å². The molecule has 4 heteroatoms. The van der Waals surface area contributed by atoms with E-state index in [1.807, 2.05) is 6.07 Å². The highest BCUT2D eigenvalue weighted by Crippen LogP contribution is 2.29. The average Bonchev–Trinajstić information content (AvgIpc) is 2.28. The summed E-state index contributed by atoms with van der Waals surface area (Å²) in [5.74, 6) is 0.0467. The van der Waals surface area contributed by atoms with E-state index >= 15 is 0 Å². The molecular weight excluding hydrogens is 200 g/mol. The van der Waals surface area contributed by atoms with Crippen LogP contribution in [0.15, 0.2) is 12.1 Å². The molecule has 1 aliphatic rings. The molecule has 3 N–H and O–H groups in total. The molecule has 0 fully saturated rings. The fraction of sp³-hybridized carbons (Fsp3) is 0.300. The Hall–Kier alpha value is -1.22. The van der Waals surface area contributed by atoms with Crippen LogP contribution in [0, 0.1) is 0 Å². The van der Waals surface area contributed by atoms with Crippen molar-refractivity contribution in [2.75, 3.05) is 11.1 Å². The summed E-state index contributed by atoms with van der Waals surface area (Å²) in [6, 6.07) is 3.55. The lowest BCUT2D eigenvalue weighted by Crippen LogP contribution is -2.09. The Labute approximate surface area is 87.2 Å². The van der Waals surface area contributed by atoms with E-state index in [1.165, 1.54) is 0 Å². The molecule has 74 valence electrons. The van der Waals surface area contributed by atoms with E-state index in [9.17, 15) is 4.79 Å². The molecule has 0 aromatic heterocycles. The predicted molar refractivity (Wildman–Crippen MR) is 57.4 cm³/mol. The molecular formula is C10H11ClN2O. The van der Waals surface area contributed by atoms with Crippen LogP contribution in [0.3, 0.4) is 0 Å². The quantitative estimate of drug-likeness (QED) is 0.645. The molecule has 0 bridgehead atoms. The van der Waals surface area contributed by atoms with Crippen molar-refractivity contribution in [3.8, 4) is 0 Å². The van der Waals surface area contributed by atoms with Crippen molar-refractivity contribution in [3.63, 3.8) is 0 Å². The average molecular weight is 211 g/mol. The van der Waals surface area contributed by atoms with E-state index in [2.05, 4.69) is 5.32 Å². The molecule has 1 amide bonds. The minimum atomic E-state index is 0.0467. The number of amides is 1. The summed E-state index contributed by atoms with van der Waals surface area (Å²) >= 11 is 5.90. The summed E-state index contributed by atoms with van der Waals surface area (Å²) in [6.07, 6.45) is 2.29. The first-order chi connectivity index (χ1) is 6.66. The van der Waals surface area contributed by atoms with Gasteiger partial charge < -0.3 is 11.1 Å². The Morgan fingerprint density at radius 3 is 2.93 bits per heavy atom. The second-order valence-corrected chi connectivity index (χ2v) is 3.84. The van der Waals surface area contributed by atoms with Gasteiger partial charge in [-0.25, -0.2) is 0 Å². The lowest BCUT2D eigenvalue weighted by Gasteiger charge is -2.08. The molecule has 1 aromatic rings. The van der Waals surface area contributed by atoms with Gasteiger partial charge in [-0.1, -0.05) is 11.6 Å². The topological polar surface area (TPSA) is 55.1 Å². The highest BCUT2D eigenvalue weighted by molar-refractivity contribution is 6.33. The fourth-order valence-electron chi connectivity index (χ4n) is 1.61. The number of benzene rings is 1. The molecule has 0 aliphatic carbocycles. The second kappa shape index (κ2) is 3.50. The highest BCUT2D eigenvalue weighted by Gasteiger charge is 2.14. The maximum absolute atomic E-state index is 11.3. The van der Waals surface area contributed by atoms with Gasteiger partial charge >= 0.3 is 0 Å². The van der Waals surface area contributed by atoms with Gasteiger partial charge in [0.25, 0.3) is 0 Å². The predicted octanol–water partition coefficient (Wildman–Crippen LogP) is 2.20. The van der Waals surface area contributed by atoms with Gasteiger partial charge in [-0.2, -0.15) is 0 Å². The zero-order valence-electron chi connectivity index (χ0n) is 7.64. The third-order valence-corrected chi connectivity index (χ3v) is 2.67. The highest BCUT2D eigenvalue weighted by atomic mass is 35.5. The molecule has 1 heterocycles. The third-order valence-electron chi connectivity index (χ3n) is 2.35. The van der Waals surface area contributed by atoms with E-state index in [4.69, 9.17) is 17.3 Å². The van der Waals surface area contributed by atoms with Crippen LogP contribution in [0.4, 0.5) is 11.4 Å². The maximum atomic E-state index is 11.3. The lowest BCUT2D eigenvalue weighted by molar-refractivity contribution is -0.116. The summed E-state index contributed by atoms with van der Waals surface area (Å²) in [5, 5.41) is 3.37. The van der Waals surface area contributed by atoms with E-state index in [0.717, 1.165) is 24.1 Å². The van der Waals surface area contributed by atoms with Crippen LogP contribution in [0.2, 0.25) is 5.02 Å². The summed E-state index contributed by atoms with van der Waals surface area (Å²) in [4.78, 5) is 11.3. The van der Waals surface area contributed by atoms with Crippen molar-refractivity contribution in [1.29, 1.82) is 0 Å². The Morgan fingerprint density at radius 1 is 1.36 bits per heavy atom. The minimum Gasteiger partial charge on any atom is -0.397 e. The van der Waals surface area contributed by atoms with Gasteiger partial charge in [0, 0.05) is 12.1 Å². The van der Waals surface area contributed by atoms with Crippen LogP contribution in [-0.4, -0.2) is 5.91 Å². The molecule has 0 radical (unpaired) electrons. The number of rotatable bonds is 0. The van der Waals surface area contributed by atoms with Gasteiger partial charge in [0.2, 0.25) is 5.91 Å². The summed E-state index contributed by atoms with van der Waals surface area (Å²) in [6.45, 7) is 0. The van der Waals surface area contributed by atoms with Crippen LogP contribution in [0.1, 0.15) is 18.4 Å². The molecule has 0 saturated heterocycles. The number of hydrogen-bond donors (Lipinski definition) is 2. The molecule has 0 atom stereocenters. The Balaban J connectivity index is 2.46. The zero-order valence-corrected chi connectivity index (χ0v) is 8.40. The second-order valence-electron chi connectivity index (χ2n) is 3.43. The largest absolute Gasteiger partial charge is 0.397 e. The number of carbonyl (C=O) groups is 1. The van der Waals surface area contributed by atoms with E-state index in [0.29, 0.717) is 17.1 Å². The monoisotopic (exact) mass is 210 g/mol. The van der Waals surface area contributed by atoms with Crippen LogP contribution in [0.5, 0.6) is 0 Å². The van der Waals surface area contributed by atoms with Crippen molar-refractivity contribution in [2.45, 2.75) is 19.3 Å². The molecule has 0 spiro atoms. The number of anilines is 2. The molecule has 1 aromatic carbocycles. The third kappa shape index (κ3) is 1.68. The molecule has 14 heavy (non-hydrogen) atoms. The molecule has 3 nitrogen and oxygen atoms in total. The van der Waals surface area contributed by atoms with Gasteiger partial charge in [0.1, 0.15) is 0 Å². The minimum absolute atomic E-state index is 0.0467. The van der Waals surface area contributed by atoms with Crippen molar-refractivity contribution in [2.24, 2.45) is 0 Å². The van der Waals surface area contributed by atoms with Crippen molar-refractivity contribution < 1.29 is 4.79 Å². The first kappa shape index (κ1) is 9.34. The standard InChI is InChI=1S/C10H11ClN2O/c11-7-4-6-2-1-3-10(14)13-9(6)5-8(7)12/h4-5H,1-3,12H2,(H,13,14). The van der Waals surface area contributed by atoms with Crippen molar-refractivity contribution in [3.05, 3.63) is 22.7 Å². The first-order valence-electron chi connectivity index (χ1n) is 4.54. The van der Waals surface area contributed by atoms with Crippen LogP contribution >= 0.6 is 11.6 Å². The number of nitrogens with one attached hydrogen (secondary N) is 1. The summed E-state index contributed by atoms with van der Waals surface area (Å²) in [5.41, 5.74) is 8.03. The number of nitrogen functional groups attached to an aromatic ring is 1. The summed E-state index contributed by atoms with van der Waals surface area (Å²) < 4.78 is 0. The smallest absolute Gasteiger partial charge is 0.224 e. The maximum Gasteiger partial charge on any atom is 0.224 e. The van der Waals surface area contributed by atoms with Crippen LogP contribution in [0.25, 0.3) is 0 Å². The molecule has 2 rings (SSSR count). The number of nitrogens with two attached hydrogens (primary N) is 1. The normalized spacial score (nSPS) is 15.6. The van der Waals surface area contributed by atoms with Gasteiger partial charge in [-0.3, -0.25) is 4.79 Å². The van der Waals surface area contributed by atoms with E-state index in [-0.39, 0.29) is 5.91 Å². The number of aryl methyl sites for hydroxylation is 1. The summed E-state index contributed by atoms with van der Waals surface area (Å²) in [7, 11) is 0. The number of fused-ring (bicyclic) bond motifs is 1. The van der Waals surface area contributed by atoms with Gasteiger partial charge in [0.05, 0.1) is 10.7 Å². The Bertz CT molecular complexity index is 390. The molecule has 0 unspecified atom stereocenters. The fourth-order valence-corrected chi connectivity index (χ4v) is 1.79. The molecule has 1 aliphatic heterocycles. The zero-order chi connectivity index (χ0) is 10.1. The number of hydrogen-bond acceptors (Lipinski definition) is 2. The Kier molecular flexibility index (Phi) is 2.33. The van der Waals surface area contributed by atoms with Crippen molar-refractivity contribution >= 4 is 28.9 Å².